The summed E-state index contributed by atoms with van der Waals surface area (Å²) in [7, 11) is 0. The molecular weight excluding hydrogens is 386 g/mol. The minimum atomic E-state index is -0.623. The Balaban J connectivity index is 2.30. The van der Waals surface area contributed by atoms with Crippen molar-refractivity contribution in [2.45, 2.75) is 65.7 Å². The highest BCUT2D eigenvalue weighted by Gasteiger charge is 2.37. The van der Waals surface area contributed by atoms with E-state index in [-0.39, 0.29) is 6.04 Å². The Morgan fingerprint density at radius 1 is 0.967 bits per heavy atom. The van der Waals surface area contributed by atoms with Crippen LogP contribution in [0.25, 0.3) is 0 Å². The molecule has 0 bridgehead atoms. The van der Waals surface area contributed by atoms with Gasteiger partial charge in [0.25, 0.3) is 0 Å². The zero-order chi connectivity index (χ0) is 22.7. The molecule has 1 atom stereocenters. The number of nitrogens with zero attached hydrogens (tertiary/aromatic N) is 3. The lowest BCUT2D eigenvalue weighted by molar-refractivity contribution is -0.0152. The highest BCUT2D eigenvalue weighted by atomic mass is 16.6. The van der Waals surface area contributed by atoms with Gasteiger partial charge in [-0.05, 0) is 59.6 Å². The number of ether oxygens (including phenoxy) is 2. The lowest BCUT2D eigenvalue weighted by Gasteiger charge is -2.42. The molecule has 0 radical (unpaired) electrons. The van der Waals surface area contributed by atoms with Crippen molar-refractivity contribution in [2.24, 2.45) is 5.16 Å². The van der Waals surface area contributed by atoms with Gasteiger partial charge in [-0.1, -0.05) is 29.4 Å². The van der Waals surface area contributed by atoms with E-state index in [0.717, 1.165) is 11.1 Å². The molecular formula is C22H33N3O5. The largest absolute Gasteiger partial charge is 0.444 e. The van der Waals surface area contributed by atoms with Gasteiger partial charge in [-0.25, -0.2) is 9.59 Å². The third-order valence-electron chi connectivity index (χ3n) is 4.52. The summed E-state index contributed by atoms with van der Waals surface area (Å²) < 4.78 is 11.1. The molecule has 1 heterocycles. The Hall–Kier alpha value is -2.77. The molecule has 8 nitrogen and oxygen atoms in total. The SMILES string of the molecule is C/C(=N\O)c1ccc(C2CN(C(=O)OC(C)(C)C)CCN2C(=O)OC(C)(C)C)cc1. The van der Waals surface area contributed by atoms with Crippen LogP contribution in [0.4, 0.5) is 9.59 Å². The number of benzene rings is 1. The van der Waals surface area contributed by atoms with E-state index in [9.17, 15) is 9.59 Å². The fraction of sp³-hybridized carbons (Fsp3) is 0.591. The van der Waals surface area contributed by atoms with E-state index in [1.54, 1.807) is 16.7 Å². The lowest BCUT2D eigenvalue weighted by atomic mass is 10.00. The van der Waals surface area contributed by atoms with E-state index >= 15 is 0 Å². The number of hydrogen-bond acceptors (Lipinski definition) is 6. The van der Waals surface area contributed by atoms with E-state index in [1.165, 1.54) is 0 Å². The Bertz CT molecular complexity index is 790. The van der Waals surface area contributed by atoms with Gasteiger partial charge in [-0.2, -0.15) is 0 Å². The van der Waals surface area contributed by atoms with Gasteiger partial charge in [0.1, 0.15) is 11.2 Å². The molecule has 0 saturated carbocycles. The molecule has 1 aliphatic heterocycles. The zero-order valence-corrected chi connectivity index (χ0v) is 18.9. The molecule has 166 valence electrons. The average Bonchev–Trinajstić information content (AvgIpc) is 2.64. The van der Waals surface area contributed by atoms with Crippen molar-refractivity contribution in [2.75, 3.05) is 19.6 Å². The summed E-state index contributed by atoms with van der Waals surface area (Å²) >= 11 is 0. The van der Waals surface area contributed by atoms with Gasteiger partial charge >= 0.3 is 12.2 Å². The number of hydrogen-bond donors (Lipinski definition) is 1. The molecule has 1 aromatic rings. The molecule has 0 aromatic heterocycles. The van der Waals surface area contributed by atoms with Gasteiger partial charge in [-0.15, -0.1) is 0 Å². The van der Waals surface area contributed by atoms with E-state index in [0.29, 0.717) is 25.3 Å². The van der Waals surface area contributed by atoms with Crippen LogP contribution in [0.15, 0.2) is 29.4 Å². The predicted molar refractivity (Wildman–Crippen MR) is 114 cm³/mol. The van der Waals surface area contributed by atoms with Gasteiger partial charge in [-0.3, -0.25) is 4.90 Å². The summed E-state index contributed by atoms with van der Waals surface area (Å²) in [6, 6.07) is 6.99. The second-order valence-electron chi connectivity index (χ2n) is 9.42. The van der Waals surface area contributed by atoms with Gasteiger partial charge < -0.3 is 19.6 Å². The first-order valence-electron chi connectivity index (χ1n) is 10.1. The third kappa shape index (κ3) is 6.37. The normalized spacial score (nSPS) is 18.2. The highest BCUT2D eigenvalue weighted by Crippen LogP contribution is 2.28. The summed E-state index contributed by atoms with van der Waals surface area (Å²) in [5.41, 5.74) is 0.887. The standard InChI is InChI=1S/C22H33N3O5/c1-15(23-28)16-8-10-17(11-9-16)18-14-24(19(26)29-21(2,3)4)12-13-25(18)20(27)30-22(5,6)7/h8-11,18,28H,12-14H2,1-7H3/b23-15+. The molecule has 1 saturated heterocycles. The molecule has 1 fully saturated rings. The maximum absolute atomic E-state index is 12.8. The van der Waals surface area contributed by atoms with Gasteiger partial charge in [0.05, 0.1) is 11.8 Å². The summed E-state index contributed by atoms with van der Waals surface area (Å²) in [6.45, 7) is 13.6. The van der Waals surface area contributed by atoms with Crippen LogP contribution in [0.3, 0.4) is 0 Å². The Kier molecular flexibility index (Phi) is 7.00. The van der Waals surface area contributed by atoms with Crippen LogP contribution in [0.2, 0.25) is 0 Å². The lowest BCUT2D eigenvalue weighted by Crippen LogP contribution is -2.54. The summed E-state index contributed by atoms with van der Waals surface area (Å²) in [6.07, 6.45) is -0.829. The van der Waals surface area contributed by atoms with E-state index in [1.807, 2.05) is 65.8 Å². The molecule has 1 aliphatic rings. The number of carbonyl (C=O) groups is 2. The fourth-order valence-corrected chi connectivity index (χ4v) is 3.10. The van der Waals surface area contributed by atoms with Crippen molar-refractivity contribution in [3.63, 3.8) is 0 Å². The predicted octanol–water partition coefficient (Wildman–Crippen LogP) is 4.41. The zero-order valence-electron chi connectivity index (χ0n) is 18.9. The number of carbonyl (C=O) groups excluding carboxylic acids is 2. The fourth-order valence-electron chi connectivity index (χ4n) is 3.10. The monoisotopic (exact) mass is 419 g/mol. The maximum Gasteiger partial charge on any atom is 0.410 e. The van der Waals surface area contributed by atoms with Crippen molar-refractivity contribution in [3.8, 4) is 0 Å². The smallest absolute Gasteiger partial charge is 0.410 e. The minimum absolute atomic E-state index is 0.292. The summed E-state index contributed by atoms with van der Waals surface area (Å²) in [4.78, 5) is 28.7. The van der Waals surface area contributed by atoms with Crippen LogP contribution in [-0.2, 0) is 9.47 Å². The molecule has 8 heteroatoms. The van der Waals surface area contributed by atoms with Crippen LogP contribution in [-0.4, -0.2) is 63.7 Å². The Morgan fingerprint density at radius 3 is 2.00 bits per heavy atom. The molecule has 2 amide bonds. The average molecular weight is 420 g/mol. The number of piperazine rings is 1. The number of oxime groups is 1. The second kappa shape index (κ2) is 8.93. The molecule has 1 unspecified atom stereocenters. The van der Waals surface area contributed by atoms with Gasteiger partial charge in [0, 0.05) is 19.6 Å². The number of amides is 2. The third-order valence-corrected chi connectivity index (χ3v) is 4.52. The molecule has 30 heavy (non-hydrogen) atoms. The summed E-state index contributed by atoms with van der Waals surface area (Å²) in [5, 5.41) is 12.2. The van der Waals surface area contributed by atoms with Crippen molar-refractivity contribution in [3.05, 3.63) is 35.4 Å². The Labute approximate surface area is 178 Å². The van der Waals surface area contributed by atoms with E-state index < -0.39 is 23.4 Å². The van der Waals surface area contributed by atoms with E-state index in [4.69, 9.17) is 14.7 Å². The first-order valence-corrected chi connectivity index (χ1v) is 10.1. The van der Waals surface area contributed by atoms with Crippen LogP contribution in [0.5, 0.6) is 0 Å². The molecule has 0 spiro atoms. The highest BCUT2D eigenvalue weighted by molar-refractivity contribution is 5.98. The first-order chi connectivity index (χ1) is 13.8. The van der Waals surface area contributed by atoms with Crippen molar-refractivity contribution in [1.29, 1.82) is 0 Å². The van der Waals surface area contributed by atoms with Crippen molar-refractivity contribution in [1.82, 2.24) is 9.80 Å². The van der Waals surface area contributed by atoms with Crippen LogP contribution >= 0.6 is 0 Å². The molecule has 0 aliphatic carbocycles. The molecule has 1 N–H and O–H groups in total. The van der Waals surface area contributed by atoms with Gasteiger partial charge in [0.15, 0.2) is 0 Å². The number of rotatable bonds is 2. The molecule has 1 aromatic carbocycles. The minimum Gasteiger partial charge on any atom is -0.444 e. The van der Waals surface area contributed by atoms with Crippen molar-refractivity contribution >= 4 is 17.9 Å². The van der Waals surface area contributed by atoms with Crippen LogP contribution in [0, 0.1) is 0 Å². The van der Waals surface area contributed by atoms with Crippen LogP contribution in [0.1, 0.15) is 65.6 Å². The Morgan fingerprint density at radius 2 is 1.50 bits per heavy atom. The van der Waals surface area contributed by atoms with Crippen LogP contribution < -0.4 is 0 Å². The second-order valence-corrected chi connectivity index (χ2v) is 9.42. The van der Waals surface area contributed by atoms with Crippen molar-refractivity contribution < 1.29 is 24.3 Å². The quantitative estimate of drug-likeness (QED) is 0.435. The van der Waals surface area contributed by atoms with E-state index in [2.05, 4.69) is 5.16 Å². The summed E-state index contributed by atoms with van der Waals surface area (Å²) in [5.74, 6) is 0. The topological polar surface area (TPSA) is 91.7 Å². The van der Waals surface area contributed by atoms with Gasteiger partial charge in [0.2, 0.25) is 0 Å². The maximum atomic E-state index is 12.8. The molecule has 2 rings (SSSR count). The first kappa shape index (κ1) is 23.5.